The molecule has 0 aliphatic carbocycles. The normalized spacial score (nSPS) is 12.5. The van der Waals surface area contributed by atoms with Gasteiger partial charge in [-0.15, -0.1) is 0 Å². The minimum absolute atomic E-state index is 0.101. The van der Waals surface area contributed by atoms with Gasteiger partial charge in [0.05, 0.1) is 22.5 Å². The minimum Gasteiger partial charge on any atom is -0.355 e. The van der Waals surface area contributed by atoms with Crippen molar-refractivity contribution in [1.82, 2.24) is 10.2 Å². The maximum Gasteiger partial charge on any atom is 0.417 e. The molecule has 41 heavy (non-hydrogen) atoms. The summed E-state index contributed by atoms with van der Waals surface area (Å²) < 4.78 is 66.7. The van der Waals surface area contributed by atoms with Crippen molar-refractivity contribution in [3.63, 3.8) is 0 Å². The fraction of sp³-hybridized carbons (Fsp3) is 0.286. The van der Waals surface area contributed by atoms with E-state index in [4.69, 9.17) is 23.2 Å². The van der Waals surface area contributed by atoms with Crippen molar-refractivity contribution >= 4 is 50.7 Å². The standard InChI is InChI=1S/C28H28Cl2F3N3O4S/c1-3-34-27(38)25(15-19-7-5-4-6-8-19)35(17-20-9-11-21(29)12-10-20)26(37)18-36(41(2,39)40)22-13-14-24(30)23(16-22)28(31,32)33/h4-14,16,25H,3,15,17-18H2,1-2H3,(H,34,38)/t25-/m0/s1. The number of hydrogen-bond donors (Lipinski definition) is 1. The molecule has 0 aromatic heterocycles. The molecule has 0 saturated heterocycles. The third kappa shape index (κ3) is 8.85. The molecule has 1 N–H and O–H groups in total. The molecule has 0 spiro atoms. The van der Waals surface area contributed by atoms with Gasteiger partial charge in [-0.1, -0.05) is 65.7 Å². The molecule has 13 heteroatoms. The fourth-order valence-electron chi connectivity index (χ4n) is 4.13. The second kappa shape index (κ2) is 13.6. The van der Waals surface area contributed by atoms with E-state index in [1.54, 1.807) is 61.5 Å². The Morgan fingerprint density at radius 2 is 1.59 bits per heavy atom. The van der Waals surface area contributed by atoms with Crippen molar-refractivity contribution in [3.05, 3.63) is 99.5 Å². The molecular formula is C28H28Cl2F3N3O4S. The number of carbonyl (C=O) groups excluding carboxylic acids is 2. The number of nitrogens with zero attached hydrogens (tertiary/aromatic N) is 2. The predicted octanol–water partition coefficient (Wildman–Crippen LogP) is 5.55. The highest BCUT2D eigenvalue weighted by atomic mass is 35.5. The van der Waals surface area contributed by atoms with E-state index >= 15 is 0 Å². The fourth-order valence-corrected chi connectivity index (χ4v) is 5.32. The Balaban J connectivity index is 2.08. The average molecular weight is 631 g/mol. The SMILES string of the molecule is CCNC(=O)[C@H](Cc1ccccc1)N(Cc1ccc(Cl)cc1)C(=O)CN(c1ccc(Cl)c(C(F)(F)F)c1)S(C)(=O)=O. The van der Waals surface area contributed by atoms with Crippen LogP contribution in [0.3, 0.4) is 0 Å². The zero-order valence-corrected chi connectivity index (χ0v) is 24.5. The van der Waals surface area contributed by atoms with E-state index in [1.807, 2.05) is 0 Å². The number of alkyl halides is 3. The van der Waals surface area contributed by atoms with E-state index in [0.717, 1.165) is 24.0 Å². The summed E-state index contributed by atoms with van der Waals surface area (Å²) in [6.45, 7) is 1.02. The van der Waals surface area contributed by atoms with Crippen LogP contribution in [0, 0.1) is 0 Å². The smallest absolute Gasteiger partial charge is 0.355 e. The molecule has 1 atom stereocenters. The Bertz CT molecular complexity index is 1470. The largest absolute Gasteiger partial charge is 0.417 e. The molecule has 0 fully saturated rings. The Morgan fingerprint density at radius 3 is 2.15 bits per heavy atom. The monoisotopic (exact) mass is 629 g/mol. The van der Waals surface area contributed by atoms with Gasteiger partial charge in [-0.05, 0) is 48.4 Å². The van der Waals surface area contributed by atoms with Crippen molar-refractivity contribution in [2.45, 2.75) is 32.1 Å². The number of amides is 2. The average Bonchev–Trinajstić information content (AvgIpc) is 2.90. The van der Waals surface area contributed by atoms with Gasteiger partial charge in [0.2, 0.25) is 21.8 Å². The van der Waals surface area contributed by atoms with Crippen LogP contribution in [-0.4, -0.2) is 50.5 Å². The first-order chi connectivity index (χ1) is 19.2. The summed E-state index contributed by atoms with van der Waals surface area (Å²) in [5, 5.41) is 2.54. The Labute approximate surface area is 246 Å². The first kappa shape index (κ1) is 32.2. The third-order valence-corrected chi connectivity index (χ3v) is 7.83. The van der Waals surface area contributed by atoms with E-state index in [1.165, 1.54) is 4.90 Å². The minimum atomic E-state index is -4.86. The summed E-state index contributed by atoms with van der Waals surface area (Å²) in [5.41, 5.74) is -0.311. The van der Waals surface area contributed by atoms with Crippen molar-refractivity contribution in [2.75, 3.05) is 23.7 Å². The number of rotatable bonds is 11. The summed E-state index contributed by atoms with van der Waals surface area (Å²) in [6, 6.07) is 16.9. The number of hydrogen-bond acceptors (Lipinski definition) is 4. The van der Waals surface area contributed by atoms with Crippen LogP contribution in [0.15, 0.2) is 72.8 Å². The van der Waals surface area contributed by atoms with Crippen LogP contribution in [-0.2, 0) is 38.8 Å². The van der Waals surface area contributed by atoms with Gasteiger partial charge in [0, 0.05) is 24.5 Å². The van der Waals surface area contributed by atoms with Crippen molar-refractivity contribution in [1.29, 1.82) is 0 Å². The van der Waals surface area contributed by atoms with Crippen molar-refractivity contribution in [2.24, 2.45) is 0 Å². The molecule has 0 aliphatic rings. The molecule has 0 radical (unpaired) electrons. The van der Waals surface area contributed by atoms with Gasteiger partial charge in [0.25, 0.3) is 0 Å². The number of benzene rings is 3. The number of carbonyl (C=O) groups is 2. The molecular weight excluding hydrogens is 602 g/mol. The molecule has 0 bridgehead atoms. The third-order valence-electron chi connectivity index (χ3n) is 6.11. The number of nitrogens with one attached hydrogen (secondary N) is 1. The predicted molar refractivity (Wildman–Crippen MR) is 153 cm³/mol. The molecule has 2 amide bonds. The first-order valence-corrected chi connectivity index (χ1v) is 15.0. The zero-order chi connectivity index (χ0) is 30.4. The van der Waals surface area contributed by atoms with Crippen LogP contribution < -0.4 is 9.62 Å². The summed E-state index contributed by atoms with van der Waals surface area (Å²) in [6.07, 6.45) is -3.99. The molecule has 0 heterocycles. The molecule has 3 rings (SSSR count). The molecule has 3 aromatic carbocycles. The van der Waals surface area contributed by atoms with Gasteiger partial charge < -0.3 is 10.2 Å². The van der Waals surface area contributed by atoms with Crippen molar-refractivity contribution in [3.8, 4) is 0 Å². The molecule has 0 saturated carbocycles. The highest BCUT2D eigenvalue weighted by Crippen LogP contribution is 2.37. The molecule has 220 valence electrons. The lowest BCUT2D eigenvalue weighted by atomic mass is 10.0. The Morgan fingerprint density at radius 1 is 0.951 bits per heavy atom. The number of sulfonamides is 1. The Hall–Kier alpha value is -3.28. The van der Waals surface area contributed by atoms with Crippen molar-refractivity contribution < 1.29 is 31.2 Å². The maximum absolute atomic E-state index is 13.9. The van der Waals surface area contributed by atoms with E-state index < -0.39 is 56.9 Å². The summed E-state index contributed by atoms with van der Waals surface area (Å²) >= 11 is 11.7. The van der Waals surface area contributed by atoms with Crippen LogP contribution in [0.2, 0.25) is 10.0 Å². The second-order valence-corrected chi connectivity index (χ2v) is 11.9. The van der Waals surface area contributed by atoms with Crippen LogP contribution >= 0.6 is 23.2 Å². The number of likely N-dealkylation sites (N-methyl/N-ethyl adjacent to an activating group) is 1. The lowest BCUT2D eigenvalue weighted by Gasteiger charge is -2.33. The lowest BCUT2D eigenvalue weighted by Crippen LogP contribution is -2.53. The van der Waals surface area contributed by atoms with E-state index in [0.29, 0.717) is 21.0 Å². The van der Waals surface area contributed by atoms with Gasteiger partial charge in [-0.25, -0.2) is 8.42 Å². The highest BCUT2D eigenvalue weighted by Gasteiger charge is 2.36. The van der Waals surface area contributed by atoms with Crippen LogP contribution in [0.25, 0.3) is 0 Å². The van der Waals surface area contributed by atoms with Gasteiger partial charge >= 0.3 is 6.18 Å². The van der Waals surface area contributed by atoms with Crippen LogP contribution in [0.4, 0.5) is 18.9 Å². The van der Waals surface area contributed by atoms with E-state index in [9.17, 15) is 31.2 Å². The Kier molecular flexibility index (Phi) is 10.7. The van der Waals surface area contributed by atoms with E-state index in [-0.39, 0.29) is 19.5 Å². The summed E-state index contributed by atoms with van der Waals surface area (Å²) in [4.78, 5) is 28.4. The maximum atomic E-state index is 13.9. The second-order valence-electron chi connectivity index (χ2n) is 9.18. The van der Waals surface area contributed by atoms with Gasteiger partial charge in [-0.3, -0.25) is 13.9 Å². The van der Waals surface area contributed by atoms with Crippen LogP contribution in [0.5, 0.6) is 0 Å². The topological polar surface area (TPSA) is 86.8 Å². The number of halogens is 5. The number of anilines is 1. The van der Waals surface area contributed by atoms with Gasteiger partial charge in [0.1, 0.15) is 12.6 Å². The first-order valence-electron chi connectivity index (χ1n) is 12.4. The molecule has 7 nitrogen and oxygen atoms in total. The zero-order valence-electron chi connectivity index (χ0n) is 22.2. The lowest BCUT2D eigenvalue weighted by molar-refractivity contribution is -0.140. The highest BCUT2D eigenvalue weighted by molar-refractivity contribution is 7.92. The quantitative estimate of drug-likeness (QED) is 0.301. The van der Waals surface area contributed by atoms with E-state index in [2.05, 4.69) is 5.32 Å². The van der Waals surface area contributed by atoms with Crippen LogP contribution in [0.1, 0.15) is 23.6 Å². The summed E-state index contributed by atoms with van der Waals surface area (Å²) in [5.74, 6) is -1.28. The molecule has 0 aliphatic heterocycles. The molecule has 3 aromatic rings. The molecule has 0 unspecified atom stereocenters. The van der Waals surface area contributed by atoms with Gasteiger partial charge in [-0.2, -0.15) is 13.2 Å². The summed E-state index contributed by atoms with van der Waals surface area (Å²) in [7, 11) is -4.26. The van der Waals surface area contributed by atoms with Gasteiger partial charge in [0.15, 0.2) is 0 Å².